The summed E-state index contributed by atoms with van der Waals surface area (Å²) in [6.07, 6.45) is 7.58. The number of carbonyl (C=O) groups is 1. The summed E-state index contributed by atoms with van der Waals surface area (Å²) in [4.78, 5) is 14.7. The lowest BCUT2D eigenvalue weighted by Gasteiger charge is -2.47. The molecule has 1 saturated carbocycles. The van der Waals surface area contributed by atoms with E-state index in [9.17, 15) is 9.90 Å². The van der Waals surface area contributed by atoms with Crippen molar-refractivity contribution in [2.24, 2.45) is 5.92 Å². The summed E-state index contributed by atoms with van der Waals surface area (Å²) in [5.41, 5.74) is 0.648. The number of nitrogens with zero attached hydrogens (tertiary/aromatic N) is 2. The largest absolute Gasteiger partial charge is 0.389 e. The second-order valence-corrected chi connectivity index (χ2v) is 8.51. The highest BCUT2D eigenvalue weighted by Gasteiger charge is 2.43. The van der Waals surface area contributed by atoms with Gasteiger partial charge in [0.2, 0.25) is 5.91 Å². The van der Waals surface area contributed by atoms with Crippen molar-refractivity contribution in [2.45, 2.75) is 50.7 Å². The van der Waals surface area contributed by atoms with Crippen molar-refractivity contribution in [1.82, 2.24) is 9.47 Å². The zero-order chi connectivity index (χ0) is 17.4. The summed E-state index contributed by atoms with van der Waals surface area (Å²) in [6.45, 7) is 2.13. The molecule has 1 saturated heterocycles. The molecule has 0 radical (unpaired) electrons. The number of aryl methyl sites for hydroxylation is 1. The van der Waals surface area contributed by atoms with E-state index >= 15 is 0 Å². The molecule has 2 aliphatic rings. The minimum atomic E-state index is -0.515. The van der Waals surface area contributed by atoms with Crippen LogP contribution in [-0.2, 0) is 11.3 Å². The number of hydrogen-bond acceptors (Lipinski definition) is 2. The van der Waals surface area contributed by atoms with Crippen LogP contribution in [0.5, 0.6) is 0 Å². The maximum atomic E-state index is 12.7. The minimum absolute atomic E-state index is 0.214. The van der Waals surface area contributed by atoms with Crippen molar-refractivity contribution in [3.63, 3.8) is 0 Å². The van der Waals surface area contributed by atoms with Gasteiger partial charge < -0.3 is 14.6 Å². The molecule has 1 N–H and O–H groups in total. The Balaban J connectivity index is 1.39. The number of fused-ring (bicyclic) bond motifs is 2. The molecule has 0 bridgehead atoms. The SMILES string of the molecule is O=C(CCn1ccc2cc(Br)ccc21)N1CC[C@@]2(O)CCCC[C@H]2C1. The Hall–Kier alpha value is -1.33. The van der Waals surface area contributed by atoms with E-state index in [1.807, 2.05) is 11.0 Å². The number of rotatable bonds is 3. The molecule has 2 fully saturated rings. The van der Waals surface area contributed by atoms with Crippen molar-refractivity contribution in [3.8, 4) is 0 Å². The van der Waals surface area contributed by atoms with Crippen LogP contribution in [0.2, 0.25) is 0 Å². The standard InChI is InChI=1S/C20H25BrN2O2/c21-17-4-5-18-15(13-17)6-10-22(18)11-7-19(24)23-12-9-20(25)8-2-1-3-16(20)14-23/h4-6,10,13,16,25H,1-3,7-9,11-12,14H2/t16-,20-/m0/s1. The zero-order valence-corrected chi connectivity index (χ0v) is 16.0. The highest BCUT2D eigenvalue weighted by Crippen LogP contribution is 2.39. The molecule has 2 heterocycles. The Bertz CT molecular complexity index is 787. The van der Waals surface area contributed by atoms with Crippen LogP contribution in [0.1, 0.15) is 38.5 Å². The van der Waals surface area contributed by atoms with Gasteiger partial charge in [0.25, 0.3) is 0 Å². The first kappa shape index (κ1) is 17.1. The normalized spacial score (nSPS) is 26.6. The van der Waals surface area contributed by atoms with Gasteiger partial charge in [-0.15, -0.1) is 0 Å². The Labute approximate surface area is 156 Å². The van der Waals surface area contributed by atoms with Crippen molar-refractivity contribution in [2.75, 3.05) is 13.1 Å². The van der Waals surface area contributed by atoms with E-state index in [-0.39, 0.29) is 11.8 Å². The van der Waals surface area contributed by atoms with Gasteiger partial charge in [0.05, 0.1) is 5.60 Å². The smallest absolute Gasteiger partial charge is 0.224 e. The molecule has 2 atom stereocenters. The maximum Gasteiger partial charge on any atom is 0.224 e. The Morgan fingerprint density at radius 1 is 1.28 bits per heavy atom. The van der Waals surface area contributed by atoms with Gasteiger partial charge in [0, 0.05) is 53.5 Å². The molecule has 4 nitrogen and oxygen atoms in total. The second kappa shape index (κ2) is 6.76. The quantitative estimate of drug-likeness (QED) is 0.841. The molecule has 2 aromatic rings. The lowest BCUT2D eigenvalue weighted by atomic mass is 9.71. The minimum Gasteiger partial charge on any atom is -0.389 e. The number of hydrogen-bond donors (Lipinski definition) is 1. The van der Waals surface area contributed by atoms with Gasteiger partial charge in [0.15, 0.2) is 0 Å². The fourth-order valence-electron chi connectivity index (χ4n) is 4.54. The van der Waals surface area contributed by atoms with Gasteiger partial charge >= 0.3 is 0 Å². The summed E-state index contributed by atoms with van der Waals surface area (Å²) in [5.74, 6) is 0.482. The van der Waals surface area contributed by atoms with Gasteiger partial charge in [-0.2, -0.15) is 0 Å². The lowest BCUT2D eigenvalue weighted by molar-refractivity contribution is -0.143. The summed E-state index contributed by atoms with van der Waals surface area (Å²) in [6, 6.07) is 8.32. The fraction of sp³-hybridized carbons (Fsp3) is 0.550. The number of halogens is 1. The average molecular weight is 405 g/mol. The summed E-state index contributed by atoms with van der Waals surface area (Å²) in [7, 11) is 0. The van der Waals surface area contributed by atoms with Crippen LogP contribution in [0, 0.1) is 5.92 Å². The number of aromatic nitrogens is 1. The van der Waals surface area contributed by atoms with Gasteiger partial charge in [-0.1, -0.05) is 28.8 Å². The van der Waals surface area contributed by atoms with Crippen LogP contribution in [0.4, 0.5) is 0 Å². The number of aliphatic hydroxyl groups is 1. The average Bonchev–Trinajstić information content (AvgIpc) is 3.00. The van der Waals surface area contributed by atoms with E-state index in [1.165, 1.54) is 11.8 Å². The topological polar surface area (TPSA) is 45.5 Å². The number of amides is 1. The second-order valence-electron chi connectivity index (χ2n) is 7.60. The van der Waals surface area contributed by atoms with Crippen molar-refractivity contribution < 1.29 is 9.90 Å². The monoisotopic (exact) mass is 404 g/mol. The van der Waals surface area contributed by atoms with E-state index in [4.69, 9.17) is 0 Å². The number of likely N-dealkylation sites (tertiary alicyclic amines) is 1. The van der Waals surface area contributed by atoms with E-state index in [2.05, 4.69) is 44.9 Å². The van der Waals surface area contributed by atoms with Gasteiger partial charge in [-0.05, 0) is 43.5 Å². The van der Waals surface area contributed by atoms with Gasteiger partial charge in [0.1, 0.15) is 0 Å². The first-order valence-electron chi connectivity index (χ1n) is 9.30. The van der Waals surface area contributed by atoms with E-state index in [1.54, 1.807) is 0 Å². The Morgan fingerprint density at radius 2 is 2.16 bits per heavy atom. The first-order valence-corrected chi connectivity index (χ1v) is 10.1. The zero-order valence-electron chi connectivity index (χ0n) is 14.5. The van der Waals surface area contributed by atoms with E-state index < -0.39 is 5.60 Å². The van der Waals surface area contributed by atoms with Crippen LogP contribution < -0.4 is 0 Å². The summed E-state index contributed by atoms with van der Waals surface area (Å²) in [5, 5.41) is 12.0. The molecule has 4 rings (SSSR count). The molecule has 0 unspecified atom stereocenters. The molecular formula is C20H25BrN2O2. The molecule has 0 spiro atoms. The highest BCUT2D eigenvalue weighted by atomic mass is 79.9. The van der Waals surface area contributed by atoms with Crippen molar-refractivity contribution >= 4 is 32.7 Å². The summed E-state index contributed by atoms with van der Waals surface area (Å²) < 4.78 is 3.22. The molecule has 5 heteroatoms. The van der Waals surface area contributed by atoms with E-state index in [0.29, 0.717) is 19.5 Å². The maximum absolute atomic E-state index is 12.7. The number of benzene rings is 1. The van der Waals surface area contributed by atoms with Crippen LogP contribution in [0.3, 0.4) is 0 Å². The lowest BCUT2D eigenvalue weighted by Crippen LogP contribution is -2.54. The molecule has 1 aromatic heterocycles. The van der Waals surface area contributed by atoms with Gasteiger partial charge in [-0.3, -0.25) is 4.79 Å². The van der Waals surface area contributed by atoms with Crippen LogP contribution in [0.15, 0.2) is 34.9 Å². The van der Waals surface area contributed by atoms with Crippen molar-refractivity contribution in [3.05, 3.63) is 34.9 Å². The third-order valence-electron chi connectivity index (χ3n) is 6.08. The number of carbonyl (C=O) groups excluding carboxylic acids is 1. The molecule has 25 heavy (non-hydrogen) atoms. The predicted molar refractivity (Wildman–Crippen MR) is 102 cm³/mol. The van der Waals surface area contributed by atoms with E-state index in [0.717, 1.165) is 42.2 Å². The molecule has 1 aromatic carbocycles. The third kappa shape index (κ3) is 3.36. The van der Waals surface area contributed by atoms with Crippen molar-refractivity contribution in [1.29, 1.82) is 0 Å². The number of piperidine rings is 1. The molecule has 1 amide bonds. The Morgan fingerprint density at radius 3 is 3.04 bits per heavy atom. The van der Waals surface area contributed by atoms with Gasteiger partial charge in [-0.25, -0.2) is 0 Å². The third-order valence-corrected chi connectivity index (χ3v) is 6.57. The van der Waals surface area contributed by atoms with Crippen LogP contribution in [-0.4, -0.2) is 39.2 Å². The Kier molecular flexibility index (Phi) is 4.63. The first-order chi connectivity index (χ1) is 12.0. The van der Waals surface area contributed by atoms with Crippen LogP contribution in [0.25, 0.3) is 10.9 Å². The van der Waals surface area contributed by atoms with Crippen LogP contribution >= 0.6 is 15.9 Å². The molecule has 1 aliphatic heterocycles. The highest BCUT2D eigenvalue weighted by molar-refractivity contribution is 9.10. The molecule has 134 valence electrons. The summed E-state index contributed by atoms with van der Waals surface area (Å²) >= 11 is 3.50. The molecule has 1 aliphatic carbocycles. The fourth-order valence-corrected chi connectivity index (χ4v) is 4.92. The molecular weight excluding hydrogens is 380 g/mol. The predicted octanol–water partition coefficient (Wildman–Crippen LogP) is 3.95.